The van der Waals surface area contributed by atoms with Gasteiger partial charge in [0.1, 0.15) is 0 Å². The van der Waals surface area contributed by atoms with Crippen molar-refractivity contribution in [3.8, 4) is 5.75 Å². The average molecular weight is 253 g/mol. The summed E-state index contributed by atoms with van der Waals surface area (Å²) in [5.41, 5.74) is 0.815. The van der Waals surface area contributed by atoms with Gasteiger partial charge in [0.25, 0.3) is 0 Å². The lowest BCUT2D eigenvalue weighted by Crippen LogP contribution is -1.91. The molecule has 0 unspecified atom stereocenters. The lowest BCUT2D eigenvalue weighted by Gasteiger charge is -2.06. The second-order valence-electron chi connectivity index (χ2n) is 2.19. The molecule has 66 valence electrons. The molecule has 0 aliphatic rings. The van der Waals surface area contributed by atoms with E-state index in [1.165, 1.54) is 13.2 Å². The van der Waals surface area contributed by atoms with Crippen LogP contribution in [-0.2, 0) is 5.33 Å². The molecule has 0 saturated carbocycles. The highest BCUT2D eigenvalue weighted by atomic mass is 79.9. The van der Waals surface area contributed by atoms with E-state index >= 15 is 0 Å². The van der Waals surface area contributed by atoms with Gasteiger partial charge in [0.2, 0.25) is 0 Å². The minimum atomic E-state index is -0.438. The third-order valence-corrected chi connectivity index (χ3v) is 2.50. The number of hydrogen-bond acceptors (Lipinski definition) is 1. The molecule has 0 saturated heterocycles. The summed E-state index contributed by atoms with van der Waals surface area (Å²) >= 11 is 9.05. The van der Waals surface area contributed by atoms with Gasteiger partial charge in [0.05, 0.1) is 12.1 Å². The molecule has 0 heterocycles. The van der Waals surface area contributed by atoms with Crippen molar-refractivity contribution in [2.75, 3.05) is 7.11 Å². The largest absolute Gasteiger partial charge is 0.492 e. The number of hydrogen-bond donors (Lipinski definition) is 0. The highest BCUT2D eigenvalue weighted by Crippen LogP contribution is 2.31. The molecule has 0 bridgehead atoms. The molecule has 0 atom stereocenters. The maximum Gasteiger partial charge on any atom is 0.173 e. The third-order valence-electron chi connectivity index (χ3n) is 1.48. The lowest BCUT2D eigenvalue weighted by atomic mass is 10.2. The fourth-order valence-corrected chi connectivity index (χ4v) is 1.79. The summed E-state index contributed by atoms with van der Waals surface area (Å²) in [5, 5.41) is 0.914. The van der Waals surface area contributed by atoms with Crippen molar-refractivity contribution in [1.82, 2.24) is 0 Å². The average Bonchev–Trinajstić information content (AvgIpc) is 2.06. The van der Waals surface area contributed by atoms with Gasteiger partial charge in [0.15, 0.2) is 11.6 Å². The number of alkyl halides is 1. The van der Waals surface area contributed by atoms with Gasteiger partial charge in [-0.15, -0.1) is 0 Å². The zero-order chi connectivity index (χ0) is 9.14. The summed E-state index contributed by atoms with van der Waals surface area (Å²) in [6, 6.07) is 2.95. The summed E-state index contributed by atoms with van der Waals surface area (Å²) in [6.45, 7) is 0. The van der Waals surface area contributed by atoms with E-state index in [-0.39, 0.29) is 5.75 Å². The zero-order valence-corrected chi connectivity index (χ0v) is 8.75. The third kappa shape index (κ3) is 1.72. The number of rotatable bonds is 2. The Morgan fingerprint density at radius 3 is 2.75 bits per heavy atom. The van der Waals surface area contributed by atoms with E-state index in [9.17, 15) is 4.39 Å². The van der Waals surface area contributed by atoms with Gasteiger partial charge < -0.3 is 4.74 Å². The van der Waals surface area contributed by atoms with Crippen molar-refractivity contribution in [3.63, 3.8) is 0 Å². The molecule has 0 spiro atoms. The Balaban J connectivity index is 3.24. The van der Waals surface area contributed by atoms with Gasteiger partial charge >= 0.3 is 0 Å². The molecular weight excluding hydrogens is 246 g/mol. The molecule has 4 heteroatoms. The summed E-state index contributed by atoms with van der Waals surface area (Å²) < 4.78 is 17.7. The van der Waals surface area contributed by atoms with Crippen LogP contribution in [0, 0.1) is 5.82 Å². The molecule has 1 nitrogen and oxygen atoms in total. The Hall–Kier alpha value is -0.280. The molecule has 0 radical (unpaired) electrons. The van der Waals surface area contributed by atoms with Crippen molar-refractivity contribution < 1.29 is 9.13 Å². The van der Waals surface area contributed by atoms with Crippen LogP contribution in [0.4, 0.5) is 4.39 Å². The maximum atomic E-state index is 12.9. The molecule has 0 aromatic heterocycles. The fourth-order valence-electron chi connectivity index (χ4n) is 0.864. The van der Waals surface area contributed by atoms with Crippen LogP contribution < -0.4 is 4.74 Å². The van der Waals surface area contributed by atoms with Crippen LogP contribution in [0.1, 0.15) is 5.56 Å². The van der Waals surface area contributed by atoms with Crippen LogP contribution in [0.5, 0.6) is 5.75 Å². The van der Waals surface area contributed by atoms with E-state index in [1.807, 2.05) is 0 Å². The lowest BCUT2D eigenvalue weighted by molar-refractivity contribution is 0.386. The van der Waals surface area contributed by atoms with Crippen LogP contribution in [0.3, 0.4) is 0 Å². The Bertz CT molecular complexity index is 291. The van der Waals surface area contributed by atoms with Crippen molar-refractivity contribution in [3.05, 3.63) is 28.5 Å². The maximum absolute atomic E-state index is 12.9. The van der Waals surface area contributed by atoms with E-state index in [1.54, 1.807) is 6.07 Å². The van der Waals surface area contributed by atoms with Crippen LogP contribution in [-0.4, -0.2) is 7.11 Å². The minimum absolute atomic E-state index is 0.105. The summed E-state index contributed by atoms with van der Waals surface area (Å²) in [7, 11) is 1.39. The van der Waals surface area contributed by atoms with E-state index in [0.29, 0.717) is 10.4 Å². The van der Waals surface area contributed by atoms with Gasteiger partial charge in [-0.3, -0.25) is 0 Å². The van der Waals surface area contributed by atoms with Gasteiger partial charge in [-0.1, -0.05) is 33.6 Å². The number of ether oxygens (including phenoxy) is 1. The first kappa shape index (κ1) is 9.81. The first-order valence-corrected chi connectivity index (χ1v) is 4.77. The van der Waals surface area contributed by atoms with Crippen LogP contribution in [0.2, 0.25) is 5.02 Å². The highest BCUT2D eigenvalue weighted by Gasteiger charge is 2.10. The van der Waals surface area contributed by atoms with E-state index in [4.69, 9.17) is 16.3 Å². The quantitative estimate of drug-likeness (QED) is 0.734. The van der Waals surface area contributed by atoms with Crippen LogP contribution >= 0.6 is 27.5 Å². The number of methoxy groups -OCH3 is 1. The van der Waals surface area contributed by atoms with Crippen LogP contribution in [0.25, 0.3) is 0 Å². The van der Waals surface area contributed by atoms with Crippen molar-refractivity contribution >= 4 is 27.5 Å². The topological polar surface area (TPSA) is 9.23 Å². The first-order valence-electron chi connectivity index (χ1n) is 3.27. The van der Waals surface area contributed by atoms with Gasteiger partial charge in [-0.2, -0.15) is 0 Å². The van der Waals surface area contributed by atoms with E-state index in [0.717, 1.165) is 5.56 Å². The normalized spacial score (nSPS) is 10.0. The number of halogens is 3. The smallest absolute Gasteiger partial charge is 0.173 e. The summed E-state index contributed by atoms with van der Waals surface area (Å²) in [6.07, 6.45) is 0. The Labute approximate surface area is 83.6 Å². The molecule has 0 amide bonds. The standard InChI is InChI=1S/C8H7BrClFO/c1-12-8-6(11)3-2-5(4-9)7(8)10/h2-3H,4H2,1H3. The molecule has 0 fully saturated rings. The fraction of sp³-hybridized carbons (Fsp3) is 0.250. The molecule has 0 N–H and O–H groups in total. The highest BCUT2D eigenvalue weighted by molar-refractivity contribution is 9.08. The molecule has 12 heavy (non-hydrogen) atoms. The molecule has 1 aromatic carbocycles. The Morgan fingerprint density at radius 2 is 2.25 bits per heavy atom. The second-order valence-corrected chi connectivity index (χ2v) is 3.13. The predicted octanol–water partition coefficient (Wildman–Crippen LogP) is 3.38. The second kappa shape index (κ2) is 4.10. The number of benzene rings is 1. The molecule has 0 aliphatic heterocycles. The summed E-state index contributed by atoms with van der Waals surface area (Å²) in [5.74, 6) is -0.333. The SMILES string of the molecule is COc1c(F)ccc(CBr)c1Cl. The van der Waals surface area contributed by atoms with Crippen molar-refractivity contribution in [1.29, 1.82) is 0 Å². The van der Waals surface area contributed by atoms with Gasteiger partial charge in [-0.05, 0) is 11.6 Å². The Morgan fingerprint density at radius 1 is 1.58 bits per heavy atom. The summed E-state index contributed by atoms with van der Waals surface area (Å²) in [4.78, 5) is 0. The zero-order valence-electron chi connectivity index (χ0n) is 6.40. The van der Waals surface area contributed by atoms with Crippen molar-refractivity contribution in [2.24, 2.45) is 0 Å². The molecular formula is C8H7BrClFO. The Kier molecular flexibility index (Phi) is 3.35. The minimum Gasteiger partial charge on any atom is -0.492 e. The van der Waals surface area contributed by atoms with Gasteiger partial charge in [-0.25, -0.2) is 4.39 Å². The van der Waals surface area contributed by atoms with E-state index in [2.05, 4.69) is 15.9 Å². The molecule has 1 rings (SSSR count). The van der Waals surface area contributed by atoms with Crippen LogP contribution in [0.15, 0.2) is 12.1 Å². The van der Waals surface area contributed by atoms with Gasteiger partial charge in [0, 0.05) is 5.33 Å². The monoisotopic (exact) mass is 252 g/mol. The first-order chi connectivity index (χ1) is 5.70. The van der Waals surface area contributed by atoms with E-state index < -0.39 is 5.82 Å². The molecule has 0 aliphatic carbocycles. The predicted molar refractivity (Wildman–Crippen MR) is 50.6 cm³/mol. The molecule has 1 aromatic rings. The van der Waals surface area contributed by atoms with Crippen molar-refractivity contribution in [2.45, 2.75) is 5.33 Å².